The van der Waals surface area contributed by atoms with E-state index in [0.717, 1.165) is 27.5 Å². The van der Waals surface area contributed by atoms with Crippen molar-refractivity contribution in [3.05, 3.63) is 70.7 Å². The zero-order valence-corrected chi connectivity index (χ0v) is 18.4. The number of aryl methyl sites for hydroxylation is 2. The minimum Gasteiger partial charge on any atom is -0.495 e. The number of aliphatic hydroxyl groups is 1. The highest BCUT2D eigenvalue weighted by Gasteiger charge is 2.18. The summed E-state index contributed by atoms with van der Waals surface area (Å²) in [6.45, 7) is 1.61. The third-order valence-corrected chi connectivity index (χ3v) is 5.84. The molecule has 5 aromatic rings. The number of methoxy groups -OCH3 is 1. The fourth-order valence-electron chi connectivity index (χ4n) is 4.14. The summed E-state index contributed by atoms with van der Waals surface area (Å²) < 4.78 is 8.60. The lowest BCUT2D eigenvalue weighted by atomic mass is 10.0. The lowest BCUT2D eigenvalue weighted by Crippen LogP contribution is -2.21. The first-order valence-electron chi connectivity index (χ1n) is 10.3. The van der Waals surface area contributed by atoms with E-state index in [2.05, 4.69) is 15.0 Å². The highest BCUT2D eigenvalue weighted by atomic mass is 16.5. The molecule has 166 valence electrons. The molecule has 33 heavy (non-hydrogen) atoms. The number of imidazole rings is 1. The van der Waals surface area contributed by atoms with Gasteiger partial charge in [0.2, 0.25) is 0 Å². The number of hydrogen-bond donors (Lipinski definition) is 2. The topological polar surface area (TPSA) is 121 Å². The van der Waals surface area contributed by atoms with Crippen LogP contribution in [0.4, 0.5) is 5.82 Å². The van der Waals surface area contributed by atoms with Crippen molar-refractivity contribution in [2.45, 2.75) is 13.5 Å². The summed E-state index contributed by atoms with van der Waals surface area (Å²) in [6, 6.07) is 11.2. The normalized spacial score (nSPS) is 11.4. The number of hydrogen-bond acceptors (Lipinski definition) is 7. The van der Waals surface area contributed by atoms with Crippen molar-refractivity contribution in [3.8, 4) is 22.6 Å². The van der Waals surface area contributed by atoms with Gasteiger partial charge in [0, 0.05) is 24.2 Å². The fraction of sp³-hybridized carbons (Fsp3) is 0.167. The summed E-state index contributed by atoms with van der Waals surface area (Å²) >= 11 is 0. The first-order valence-corrected chi connectivity index (χ1v) is 10.3. The molecular formula is C24H22N6O3. The maximum absolute atomic E-state index is 13.3. The van der Waals surface area contributed by atoms with Crippen LogP contribution >= 0.6 is 0 Å². The summed E-state index contributed by atoms with van der Waals surface area (Å²) in [6.07, 6.45) is 3.39. The molecule has 1 aromatic carbocycles. The molecule has 0 unspecified atom stereocenters. The van der Waals surface area contributed by atoms with Crippen LogP contribution in [0.15, 0.2) is 53.6 Å². The molecule has 0 saturated heterocycles. The maximum atomic E-state index is 13.3. The van der Waals surface area contributed by atoms with Gasteiger partial charge in [-0.25, -0.2) is 9.78 Å². The van der Waals surface area contributed by atoms with Gasteiger partial charge < -0.3 is 15.6 Å². The van der Waals surface area contributed by atoms with Gasteiger partial charge >= 0.3 is 5.69 Å². The van der Waals surface area contributed by atoms with E-state index in [1.165, 1.54) is 0 Å². The zero-order valence-electron chi connectivity index (χ0n) is 18.4. The van der Waals surface area contributed by atoms with E-state index in [4.69, 9.17) is 10.5 Å². The molecule has 0 fully saturated rings. The Morgan fingerprint density at radius 1 is 1.09 bits per heavy atom. The van der Waals surface area contributed by atoms with Crippen LogP contribution in [0, 0.1) is 6.92 Å². The van der Waals surface area contributed by atoms with Crippen LogP contribution in [0.1, 0.15) is 11.4 Å². The third-order valence-electron chi connectivity index (χ3n) is 5.84. The van der Waals surface area contributed by atoms with Crippen molar-refractivity contribution >= 4 is 27.8 Å². The zero-order chi connectivity index (χ0) is 23.3. The van der Waals surface area contributed by atoms with Gasteiger partial charge in [0.05, 0.1) is 47.8 Å². The molecule has 0 saturated carbocycles. The van der Waals surface area contributed by atoms with Crippen molar-refractivity contribution in [1.29, 1.82) is 0 Å². The van der Waals surface area contributed by atoms with Crippen molar-refractivity contribution in [2.75, 3.05) is 12.8 Å². The molecule has 0 aliphatic heterocycles. The molecule has 0 amide bonds. The van der Waals surface area contributed by atoms with E-state index in [9.17, 15) is 9.90 Å². The largest absolute Gasteiger partial charge is 0.495 e. The summed E-state index contributed by atoms with van der Waals surface area (Å²) in [4.78, 5) is 26.5. The maximum Gasteiger partial charge on any atom is 0.333 e. The van der Waals surface area contributed by atoms with Crippen LogP contribution in [0.3, 0.4) is 0 Å². The molecule has 0 bridgehead atoms. The second-order valence-electron chi connectivity index (χ2n) is 7.77. The number of rotatable bonds is 4. The second kappa shape index (κ2) is 7.72. The standard InChI is InChI=1S/C24H22N6O3/c1-13-19(6-7-22(25)28-13)30-23-16-8-14(15-9-21(33-3)18(12-31)26-10-15)4-5-17(16)27-11-20(23)29(2)24(30)32/h4-11,31H,12H2,1-3H3,(H2,25,28). The van der Waals surface area contributed by atoms with E-state index in [0.29, 0.717) is 34.2 Å². The van der Waals surface area contributed by atoms with Crippen molar-refractivity contribution in [1.82, 2.24) is 24.1 Å². The van der Waals surface area contributed by atoms with E-state index < -0.39 is 0 Å². The Bertz CT molecular complexity index is 1600. The van der Waals surface area contributed by atoms with Crippen LogP contribution in [-0.4, -0.2) is 36.3 Å². The Morgan fingerprint density at radius 2 is 1.91 bits per heavy atom. The second-order valence-corrected chi connectivity index (χ2v) is 7.77. The van der Waals surface area contributed by atoms with Crippen LogP contribution in [0.2, 0.25) is 0 Å². The van der Waals surface area contributed by atoms with E-state index in [1.807, 2.05) is 31.2 Å². The molecule has 4 aromatic heterocycles. The Kier molecular flexibility index (Phi) is 4.83. The molecule has 0 aliphatic rings. The molecule has 5 rings (SSSR count). The van der Waals surface area contributed by atoms with Gasteiger partial charge in [0.25, 0.3) is 0 Å². The van der Waals surface area contributed by atoms with Crippen LogP contribution < -0.4 is 16.2 Å². The molecule has 0 atom stereocenters. The Hall–Kier alpha value is -4.24. The molecular weight excluding hydrogens is 420 g/mol. The SMILES string of the molecule is COc1cc(-c2ccc3ncc4c(c3c2)n(-c2ccc(N)nc2C)c(=O)n4C)cnc1CO. The van der Waals surface area contributed by atoms with E-state index in [1.54, 1.807) is 47.8 Å². The number of nitrogen functional groups attached to an aromatic ring is 1. The molecule has 9 nitrogen and oxygen atoms in total. The average molecular weight is 442 g/mol. The molecule has 0 radical (unpaired) electrons. The molecule has 0 aliphatic carbocycles. The van der Waals surface area contributed by atoms with Crippen molar-refractivity contribution < 1.29 is 9.84 Å². The monoisotopic (exact) mass is 442 g/mol. The lowest BCUT2D eigenvalue weighted by Gasteiger charge is -2.11. The molecule has 4 heterocycles. The van der Waals surface area contributed by atoms with E-state index >= 15 is 0 Å². The third kappa shape index (κ3) is 3.21. The van der Waals surface area contributed by atoms with Crippen molar-refractivity contribution in [2.24, 2.45) is 7.05 Å². The van der Waals surface area contributed by atoms with Gasteiger partial charge in [0.1, 0.15) is 17.3 Å². The number of aliphatic hydroxyl groups excluding tert-OH is 1. The number of benzene rings is 1. The van der Waals surface area contributed by atoms with Gasteiger partial charge in [-0.3, -0.25) is 19.1 Å². The first-order chi connectivity index (χ1) is 15.9. The number of fused-ring (bicyclic) bond motifs is 3. The lowest BCUT2D eigenvalue weighted by molar-refractivity contribution is 0.268. The van der Waals surface area contributed by atoms with Gasteiger partial charge in [-0.2, -0.15) is 0 Å². The quantitative estimate of drug-likeness (QED) is 0.439. The summed E-state index contributed by atoms with van der Waals surface area (Å²) in [7, 11) is 3.26. The number of nitrogens with zero attached hydrogens (tertiary/aromatic N) is 5. The summed E-state index contributed by atoms with van der Waals surface area (Å²) in [5.41, 5.74) is 11.3. The molecule has 9 heteroatoms. The predicted octanol–water partition coefficient (Wildman–Crippen LogP) is 2.73. The smallest absolute Gasteiger partial charge is 0.333 e. The Labute approximate surface area is 188 Å². The molecule has 0 spiro atoms. The van der Waals surface area contributed by atoms with Gasteiger partial charge in [-0.05, 0) is 42.8 Å². The van der Waals surface area contributed by atoms with Gasteiger partial charge in [-0.1, -0.05) is 6.07 Å². The summed E-state index contributed by atoms with van der Waals surface area (Å²) in [5, 5.41) is 10.3. The highest BCUT2D eigenvalue weighted by Crippen LogP contribution is 2.31. The van der Waals surface area contributed by atoms with Gasteiger partial charge in [0.15, 0.2) is 0 Å². The minimum atomic E-state index is -0.211. The fourth-order valence-corrected chi connectivity index (χ4v) is 4.14. The highest BCUT2D eigenvalue weighted by molar-refractivity contribution is 6.04. The summed E-state index contributed by atoms with van der Waals surface area (Å²) in [5.74, 6) is 0.901. The average Bonchev–Trinajstić information content (AvgIpc) is 3.08. The number of anilines is 1. The Morgan fingerprint density at radius 3 is 2.64 bits per heavy atom. The van der Waals surface area contributed by atoms with Gasteiger partial charge in [-0.15, -0.1) is 0 Å². The minimum absolute atomic E-state index is 0.199. The predicted molar refractivity (Wildman–Crippen MR) is 126 cm³/mol. The Balaban J connectivity index is 1.83. The number of nitrogens with two attached hydrogens (primary N) is 1. The van der Waals surface area contributed by atoms with E-state index in [-0.39, 0.29) is 12.3 Å². The first kappa shape index (κ1) is 20.7. The number of ether oxygens (including phenoxy) is 1. The number of aromatic nitrogens is 5. The van der Waals surface area contributed by atoms with Crippen molar-refractivity contribution in [3.63, 3.8) is 0 Å². The van der Waals surface area contributed by atoms with Crippen LogP contribution in [0.5, 0.6) is 5.75 Å². The van der Waals surface area contributed by atoms with Crippen LogP contribution in [-0.2, 0) is 13.7 Å². The number of pyridine rings is 3. The van der Waals surface area contributed by atoms with Crippen LogP contribution in [0.25, 0.3) is 38.8 Å². The molecule has 3 N–H and O–H groups in total.